The lowest BCUT2D eigenvalue weighted by molar-refractivity contribution is -0.146. The lowest BCUT2D eigenvalue weighted by Crippen LogP contribution is -2.58. The minimum Gasteiger partial charge on any atom is -0.481 e. The monoisotopic (exact) mass is 956 g/mol. The number of unbranched alkanes of at least 4 members (excludes halogenated alkanes) is 2. The summed E-state index contributed by atoms with van der Waals surface area (Å²) in [6.07, 6.45) is 10.3. The molecule has 1 aliphatic heterocycles. The number of nitrogens with one attached hydrogen (secondary N) is 6. The van der Waals surface area contributed by atoms with E-state index in [1.54, 1.807) is 0 Å². The van der Waals surface area contributed by atoms with Gasteiger partial charge in [0.15, 0.2) is 6.16 Å². The lowest BCUT2D eigenvalue weighted by Gasteiger charge is -2.33. The molecule has 1 fully saturated rings. The van der Waals surface area contributed by atoms with Crippen LogP contribution in [0.5, 0.6) is 0 Å². The van der Waals surface area contributed by atoms with Crippen molar-refractivity contribution in [3.8, 4) is 0 Å². The molecule has 7 amide bonds. The van der Waals surface area contributed by atoms with Gasteiger partial charge < -0.3 is 60.9 Å². The number of ether oxygens (including phenoxy) is 4. The third kappa shape index (κ3) is 25.2. The number of aliphatic carboxylic acids is 1. The Hall–Kier alpha value is -4.86. The second kappa shape index (κ2) is 34.4. The molecule has 2 rings (SSSR count). The molecule has 0 aromatic rings. The standard InChI is InChI=1S/C43H70N7O15P/c1-4-5-13-32-40(56)46-30-38(53)47-34(29-39(54)55)43(59)50(2)35(28-31-11-7-6-8-12-31)42(58)49-33(41(57)48-32)14-9-10-17-44-36(51)15-19-62-21-23-64-25-26-65-24-22-63-20-18-45-37(52)16-27-66(60)61-3/h6-8,11,31-35H,4-5,9-10,12-30H2,1-3H3,(H6-,44,45,46,47,48,49,51,52,53,54,55,56,57,58)/p+1/t31?,32?,33-,34-,35?/m0/s1. The molecule has 372 valence electrons. The average Bonchev–Trinajstić information content (AvgIpc) is 3.30. The summed E-state index contributed by atoms with van der Waals surface area (Å²) in [7, 11) is 0.874. The van der Waals surface area contributed by atoms with E-state index in [0.29, 0.717) is 78.3 Å². The highest BCUT2D eigenvalue weighted by Crippen LogP contribution is 2.22. The highest BCUT2D eigenvalue weighted by atomic mass is 31.1. The summed E-state index contributed by atoms with van der Waals surface area (Å²) in [5.41, 5.74) is 0. The summed E-state index contributed by atoms with van der Waals surface area (Å²) in [5.74, 6) is -5.58. The van der Waals surface area contributed by atoms with Crippen LogP contribution in [0.3, 0.4) is 0 Å². The number of carboxylic acid groups (broad SMARTS) is 1. The third-order valence-electron chi connectivity index (χ3n) is 10.4. The minimum atomic E-state index is -1.81. The van der Waals surface area contributed by atoms with Crippen molar-refractivity contribution < 1.29 is 71.5 Å². The number of hydrogen-bond acceptors (Lipinski definition) is 14. The quantitative estimate of drug-likeness (QED) is 0.0362. The highest BCUT2D eigenvalue weighted by Gasteiger charge is 2.37. The van der Waals surface area contributed by atoms with E-state index in [1.165, 1.54) is 14.2 Å². The van der Waals surface area contributed by atoms with Crippen LogP contribution in [0.1, 0.15) is 77.6 Å². The summed E-state index contributed by atoms with van der Waals surface area (Å²) in [6.45, 7) is 4.39. The first-order chi connectivity index (χ1) is 31.7. The first-order valence-corrected chi connectivity index (χ1v) is 23.9. The molecule has 1 heterocycles. The van der Waals surface area contributed by atoms with Crippen molar-refractivity contribution in [3.05, 3.63) is 24.3 Å². The van der Waals surface area contributed by atoms with Gasteiger partial charge in [-0.1, -0.05) is 44.1 Å². The maximum atomic E-state index is 14.1. The number of carbonyl (C=O) groups excluding carboxylic acids is 7. The molecule has 0 saturated carbocycles. The number of allylic oxidation sites excluding steroid dienone is 4. The molecule has 66 heavy (non-hydrogen) atoms. The first-order valence-electron chi connectivity index (χ1n) is 22.6. The van der Waals surface area contributed by atoms with E-state index in [-0.39, 0.29) is 75.8 Å². The topological polar surface area (TPSA) is 295 Å². The van der Waals surface area contributed by atoms with Gasteiger partial charge in [-0.3, -0.25) is 38.4 Å². The zero-order valence-corrected chi connectivity index (χ0v) is 39.4. The molecule has 2 aliphatic rings. The Morgan fingerprint density at radius 3 is 2.00 bits per heavy atom. The van der Waals surface area contributed by atoms with E-state index < -0.39 is 80.7 Å². The zero-order chi connectivity index (χ0) is 48.5. The van der Waals surface area contributed by atoms with Crippen molar-refractivity contribution in [2.24, 2.45) is 5.92 Å². The Morgan fingerprint density at radius 1 is 0.758 bits per heavy atom. The van der Waals surface area contributed by atoms with Gasteiger partial charge in [-0.25, -0.2) is 0 Å². The normalized spacial score (nSPS) is 20.9. The fourth-order valence-corrected chi connectivity index (χ4v) is 7.25. The second-order valence-electron chi connectivity index (χ2n) is 15.6. The number of carbonyl (C=O) groups is 8. The Morgan fingerprint density at radius 2 is 1.36 bits per heavy atom. The van der Waals surface area contributed by atoms with Crippen LogP contribution < -0.4 is 31.9 Å². The van der Waals surface area contributed by atoms with E-state index in [0.717, 1.165) is 4.90 Å². The molecule has 4 unspecified atom stereocenters. The lowest BCUT2D eigenvalue weighted by atomic mass is 9.91. The number of likely N-dealkylation sites (N-methyl/N-ethyl adjacent to an activating group) is 1. The van der Waals surface area contributed by atoms with Gasteiger partial charge in [0.2, 0.25) is 41.4 Å². The van der Waals surface area contributed by atoms with Crippen molar-refractivity contribution in [2.75, 3.05) is 92.8 Å². The van der Waals surface area contributed by atoms with E-state index >= 15 is 0 Å². The van der Waals surface area contributed by atoms with Gasteiger partial charge in [-0.15, -0.1) is 4.52 Å². The third-order valence-corrected chi connectivity index (χ3v) is 11.4. The summed E-state index contributed by atoms with van der Waals surface area (Å²) in [5, 5.41) is 25.5. The van der Waals surface area contributed by atoms with Crippen LogP contribution in [0.25, 0.3) is 0 Å². The van der Waals surface area contributed by atoms with Gasteiger partial charge in [0.1, 0.15) is 24.2 Å². The van der Waals surface area contributed by atoms with Crippen LogP contribution in [0.4, 0.5) is 0 Å². The van der Waals surface area contributed by atoms with Gasteiger partial charge in [-0.05, 0) is 49.0 Å². The molecule has 0 bridgehead atoms. The Balaban J connectivity index is 1.84. The molecular formula is C43H71N7O15P+. The molecule has 0 aromatic heterocycles. The molecule has 0 radical (unpaired) electrons. The van der Waals surface area contributed by atoms with Crippen LogP contribution in [0, 0.1) is 5.92 Å². The van der Waals surface area contributed by atoms with Crippen LogP contribution in [-0.2, 0) is 66.4 Å². The maximum absolute atomic E-state index is 14.1. The molecule has 7 N–H and O–H groups in total. The predicted octanol–water partition coefficient (Wildman–Crippen LogP) is 0.223. The molecule has 1 saturated heterocycles. The number of nitrogens with zero attached hydrogens (tertiary/aromatic N) is 1. The van der Waals surface area contributed by atoms with E-state index in [9.17, 15) is 48.0 Å². The fraction of sp³-hybridized carbons (Fsp3) is 0.721. The summed E-state index contributed by atoms with van der Waals surface area (Å²) >= 11 is 0. The van der Waals surface area contributed by atoms with Gasteiger partial charge >= 0.3 is 14.0 Å². The van der Waals surface area contributed by atoms with Crippen LogP contribution >= 0.6 is 8.03 Å². The Bertz CT molecular complexity index is 1630. The first kappa shape index (κ1) is 57.3. The van der Waals surface area contributed by atoms with Crippen LogP contribution in [-0.4, -0.2) is 174 Å². The molecule has 23 heteroatoms. The molecular weight excluding hydrogens is 885 g/mol. The number of amides is 7. The minimum absolute atomic E-state index is 0.109. The zero-order valence-electron chi connectivity index (χ0n) is 38.5. The van der Waals surface area contributed by atoms with E-state index in [4.69, 9.17) is 18.9 Å². The van der Waals surface area contributed by atoms with Crippen molar-refractivity contribution in [3.63, 3.8) is 0 Å². The van der Waals surface area contributed by atoms with Gasteiger partial charge in [0.05, 0.1) is 79.4 Å². The average molecular weight is 957 g/mol. The molecule has 6 atom stereocenters. The molecule has 22 nitrogen and oxygen atoms in total. The summed E-state index contributed by atoms with van der Waals surface area (Å²) < 4.78 is 37.6. The molecule has 0 aromatic carbocycles. The van der Waals surface area contributed by atoms with Gasteiger partial charge in [0.25, 0.3) is 0 Å². The van der Waals surface area contributed by atoms with Gasteiger partial charge in [0, 0.05) is 26.6 Å². The van der Waals surface area contributed by atoms with Crippen molar-refractivity contribution >= 4 is 55.3 Å². The van der Waals surface area contributed by atoms with Crippen molar-refractivity contribution in [1.82, 2.24) is 36.8 Å². The fourth-order valence-electron chi connectivity index (χ4n) is 6.68. The van der Waals surface area contributed by atoms with Crippen LogP contribution in [0.15, 0.2) is 24.3 Å². The molecule has 1 aliphatic carbocycles. The number of hydrogen-bond donors (Lipinski definition) is 7. The number of rotatable bonds is 31. The Labute approximate surface area is 387 Å². The maximum Gasteiger partial charge on any atom is 0.508 e. The van der Waals surface area contributed by atoms with Crippen molar-refractivity contribution in [1.29, 1.82) is 0 Å². The second-order valence-corrected chi connectivity index (χ2v) is 17.1. The predicted molar refractivity (Wildman–Crippen MR) is 240 cm³/mol. The summed E-state index contributed by atoms with van der Waals surface area (Å²) in [4.78, 5) is 105. The molecule has 0 spiro atoms. The largest absolute Gasteiger partial charge is 0.508 e. The highest BCUT2D eigenvalue weighted by molar-refractivity contribution is 7.39. The SMILES string of the molecule is CCCCC1NC(=O)[C@H](CCCCNC(=O)CCOCCOCCOCCOCCNC(=O)CC[P+](=O)OC)NC(=O)C(CC2C=CC=CC2)N(C)C(=O)[C@H](CC(=O)O)NC(=O)CNC1=O. The Kier molecular flexibility index (Phi) is 29.9. The smallest absolute Gasteiger partial charge is 0.481 e. The van der Waals surface area contributed by atoms with E-state index in [2.05, 4.69) is 36.4 Å². The number of carboxylic acids is 1. The van der Waals surface area contributed by atoms with Crippen LogP contribution in [0.2, 0.25) is 0 Å². The van der Waals surface area contributed by atoms with E-state index in [1.807, 2.05) is 31.2 Å². The summed E-state index contributed by atoms with van der Waals surface area (Å²) in [6, 6.07) is -4.88. The van der Waals surface area contributed by atoms with Crippen molar-refractivity contribution in [2.45, 2.75) is 102 Å². The van der Waals surface area contributed by atoms with Gasteiger partial charge in [-0.2, -0.15) is 0 Å².